The van der Waals surface area contributed by atoms with Crippen LogP contribution in [0.4, 0.5) is 0 Å². The lowest BCUT2D eigenvalue weighted by atomic mass is 10.2. The molecule has 28 heavy (non-hydrogen) atoms. The summed E-state index contributed by atoms with van der Waals surface area (Å²) in [6, 6.07) is 14.5. The van der Waals surface area contributed by atoms with E-state index >= 15 is 0 Å². The molecular weight excluding hydrogens is 370 g/mol. The molecule has 5 heteroatoms. The summed E-state index contributed by atoms with van der Waals surface area (Å²) in [7, 11) is -1.96. The van der Waals surface area contributed by atoms with E-state index in [9.17, 15) is 8.42 Å². The third kappa shape index (κ3) is 6.22. The molecule has 0 atom stereocenters. The molecule has 0 aliphatic rings. The molecule has 0 unspecified atom stereocenters. The van der Waals surface area contributed by atoms with Crippen LogP contribution in [0.15, 0.2) is 83.8 Å². The first-order chi connectivity index (χ1) is 13.5. The van der Waals surface area contributed by atoms with E-state index in [0.717, 1.165) is 16.9 Å². The number of methoxy groups -OCH3 is 1. The maximum atomic E-state index is 13.1. The van der Waals surface area contributed by atoms with Gasteiger partial charge in [-0.25, -0.2) is 8.42 Å². The Balaban J connectivity index is 2.20. The van der Waals surface area contributed by atoms with Crippen molar-refractivity contribution in [2.45, 2.75) is 18.7 Å². The van der Waals surface area contributed by atoms with Gasteiger partial charge in [-0.15, -0.1) is 0 Å². The summed E-state index contributed by atoms with van der Waals surface area (Å²) >= 11 is 0. The molecule has 0 N–H and O–H groups in total. The minimum atomic E-state index is -3.58. The molecule has 2 rings (SSSR count). The molecule has 0 aromatic heterocycles. The van der Waals surface area contributed by atoms with Crippen LogP contribution < -0.4 is 4.74 Å². The zero-order valence-corrected chi connectivity index (χ0v) is 17.4. The Morgan fingerprint density at radius 1 is 0.929 bits per heavy atom. The first kappa shape index (κ1) is 21.7. The number of ether oxygens (including phenoxy) is 1. The molecule has 2 aromatic rings. The lowest BCUT2D eigenvalue weighted by Gasteiger charge is -2.19. The Kier molecular flexibility index (Phi) is 8.23. The van der Waals surface area contributed by atoms with Gasteiger partial charge >= 0.3 is 0 Å². The van der Waals surface area contributed by atoms with Gasteiger partial charge in [-0.05, 0) is 43.7 Å². The van der Waals surface area contributed by atoms with Crippen molar-refractivity contribution in [3.8, 4) is 5.75 Å². The van der Waals surface area contributed by atoms with Gasteiger partial charge in [0.25, 0.3) is 0 Å². The molecule has 0 aliphatic heterocycles. The van der Waals surface area contributed by atoms with Crippen LogP contribution in [-0.4, -0.2) is 32.9 Å². The number of hydrogen-bond acceptors (Lipinski definition) is 3. The Bertz CT molecular complexity index is 925. The lowest BCUT2D eigenvalue weighted by molar-refractivity contribution is 0.415. The number of allylic oxidation sites excluding steroid dienone is 3. The van der Waals surface area contributed by atoms with Crippen molar-refractivity contribution in [3.63, 3.8) is 0 Å². The average Bonchev–Trinajstić information content (AvgIpc) is 2.70. The van der Waals surface area contributed by atoms with E-state index in [-0.39, 0.29) is 6.54 Å². The summed E-state index contributed by atoms with van der Waals surface area (Å²) in [5.74, 6) is 0.787. The van der Waals surface area contributed by atoms with Crippen LogP contribution in [0, 0.1) is 6.92 Å². The number of aryl methyl sites for hydroxylation is 1. The van der Waals surface area contributed by atoms with E-state index in [4.69, 9.17) is 4.74 Å². The fourth-order valence-corrected chi connectivity index (χ4v) is 3.86. The van der Waals surface area contributed by atoms with Gasteiger partial charge in [0, 0.05) is 13.1 Å². The van der Waals surface area contributed by atoms with Gasteiger partial charge in [-0.3, -0.25) is 0 Å². The van der Waals surface area contributed by atoms with E-state index < -0.39 is 10.0 Å². The van der Waals surface area contributed by atoms with Crippen molar-refractivity contribution >= 4 is 16.1 Å². The standard InChI is InChI=1S/C23H27NO3S/c1-4-5-6-7-18-24(28(25,26)23-16-10-20(2)11-17-23)19-8-9-21-12-14-22(27-3)15-13-21/h4-17H,18-19H2,1-3H3/b5-4+,7-6+,9-8+. The summed E-state index contributed by atoms with van der Waals surface area (Å²) in [5.41, 5.74) is 2.01. The van der Waals surface area contributed by atoms with E-state index in [1.54, 1.807) is 19.2 Å². The maximum absolute atomic E-state index is 13.1. The second-order valence-corrected chi connectivity index (χ2v) is 8.20. The van der Waals surface area contributed by atoms with Gasteiger partial charge in [0.15, 0.2) is 0 Å². The van der Waals surface area contributed by atoms with E-state index in [2.05, 4.69) is 0 Å². The molecule has 0 aliphatic carbocycles. The van der Waals surface area contributed by atoms with Crippen molar-refractivity contribution in [1.29, 1.82) is 0 Å². The fraction of sp³-hybridized carbons (Fsp3) is 0.217. The Morgan fingerprint density at radius 3 is 2.18 bits per heavy atom. The maximum Gasteiger partial charge on any atom is 0.243 e. The zero-order valence-electron chi connectivity index (χ0n) is 16.6. The minimum Gasteiger partial charge on any atom is -0.497 e. The number of benzene rings is 2. The van der Waals surface area contributed by atoms with Gasteiger partial charge in [0.2, 0.25) is 10.0 Å². The molecule has 0 saturated heterocycles. The minimum absolute atomic E-state index is 0.280. The van der Waals surface area contributed by atoms with Crippen LogP contribution >= 0.6 is 0 Å². The van der Waals surface area contributed by atoms with Crippen LogP contribution in [0.3, 0.4) is 0 Å². The van der Waals surface area contributed by atoms with Crippen molar-refractivity contribution in [3.05, 3.63) is 90.0 Å². The van der Waals surface area contributed by atoms with Crippen LogP contribution in [0.1, 0.15) is 18.1 Å². The van der Waals surface area contributed by atoms with Crippen LogP contribution in [0.5, 0.6) is 5.75 Å². The molecule has 2 aromatic carbocycles. The van der Waals surface area contributed by atoms with Crippen molar-refractivity contribution in [2.24, 2.45) is 0 Å². The van der Waals surface area contributed by atoms with Crippen molar-refractivity contribution in [1.82, 2.24) is 4.31 Å². The zero-order chi connectivity index (χ0) is 20.4. The van der Waals surface area contributed by atoms with Gasteiger partial charge in [-0.2, -0.15) is 4.31 Å². The summed E-state index contributed by atoms with van der Waals surface area (Å²) in [5, 5.41) is 0. The van der Waals surface area contributed by atoms with Crippen LogP contribution in [0.2, 0.25) is 0 Å². The highest BCUT2D eigenvalue weighted by Gasteiger charge is 2.22. The number of hydrogen-bond donors (Lipinski definition) is 0. The molecule has 0 saturated carbocycles. The normalized spacial score (nSPS) is 12.6. The predicted molar refractivity (Wildman–Crippen MR) is 116 cm³/mol. The molecule has 148 valence electrons. The Hall–Kier alpha value is -2.63. The molecule has 0 radical (unpaired) electrons. The van der Waals surface area contributed by atoms with Gasteiger partial charge in [0.05, 0.1) is 12.0 Å². The second kappa shape index (κ2) is 10.6. The van der Waals surface area contributed by atoms with E-state index in [1.165, 1.54) is 4.31 Å². The summed E-state index contributed by atoms with van der Waals surface area (Å²) in [4.78, 5) is 0.301. The largest absolute Gasteiger partial charge is 0.497 e. The van der Waals surface area contributed by atoms with Gasteiger partial charge in [0.1, 0.15) is 5.75 Å². The van der Waals surface area contributed by atoms with E-state index in [0.29, 0.717) is 11.4 Å². The Morgan fingerprint density at radius 2 is 1.57 bits per heavy atom. The van der Waals surface area contributed by atoms with Crippen LogP contribution in [0.25, 0.3) is 6.08 Å². The molecule has 0 spiro atoms. The summed E-state index contributed by atoms with van der Waals surface area (Å²) < 4.78 is 32.7. The first-order valence-electron chi connectivity index (χ1n) is 9.12. The molecule has 0 amide bonds. The van der Waals surface area contributed by atoms with Gasteiger partial charge in [-0.1, -0.05) is 66.3 Å². The second-order valence-electron chi connectivity index (χ2n) is 6.26. The highest BCUT2D eigenvalue weighted by atomic mass is 32.2. The van der Waals surface area contributed by atoms with Crippen LogP contribution in [-0.2, 0) is 10.0 Å². The SMILES string of the molecule is C/C=C/C=C/CN(C/C=C/c1ccc(OC)cc1)S(=O)(=O)c1ccc(C)cc1. The fourth-order valence-electron chi connectivity index (χ4n) is 2.52. The first-order valence-corrected chi connectivity index (χ1v) is 10.6. The lowest BCUT2D eigenvalue weighted by Crippen LogP contribution is -2.31. The average molecular weight is 398 g/mol. The highest BCUT2D eigenvalue weighted by molar-refractivity contribution is 7.89. The molecule has 0 bridgehead atoms. The molecule has 4 nitrogen and oxygen atoms in total. The van der Waals surface area contributed by atoms with Crippen molar-refractivity contribution < 1.29 is 13.2 Å². The number of sulfonamides is 1. The highest BCUT2D eigenvalue weighted by Crippen LogP contribution is 2.17. The summed E-state index contributed by atoms with van der Waals surface area (Å²) in [6.45, 7) is 4.43. The van der Waals surface area contributed by atoms with Gasteiger partial charge < -0.3 is 4.74 Å². The monoisotopic (exact) mass is 397 g/mol. The quantitative estimate of drug-likeness (QED) is 0.569. The smallest absolute Gasteiger partial charge is 0.243 e. The predicted octanol–water partition coefficient (Wildman–Crippen LogP) is 4.84. The third-order valence-electron chi connectivity index (χ3n) is 4.14. The van der Waals surface area contributed by atoms with Crippen molar-refractivity contribution in [2.75, 3.05) is 20.2 Å². The number of rotatable bonds is 9. The molecule has 0 fully saturated rings. The molecule has 0 heterocycles. The number of nitrogens with zero attached hydrogens (tertiary/aromatic N) is 1. The summed E-state index contributed by atoms with van der Waals surface area (Å²) in [6.07, 6.45) is 11.2. The molecular formula is C23H27NO3S. The topological polar surface area (TPSA) is 46.6 Å². The Labute approximate surface area is 168 Å². The third-order valence-corrected chi connectivity index (χ3v) is 5.99. The van der Waals surface area contributed by atoms with E-state index in [1.807, 2.05) is 86.7 Å².